The highest BCUT2D eigenvalue weighted by Crippen LogP contribution is 2.18. The second-order valence-electron chi connectivity index (χ2n) is 8.28. The van der Waals surface area contributed by atoms with Crippen LogP contribution < -0.4 is 10.6 Å². The van der Waals surface area contributed by atoms with E-state index in [9.17, 15) is 0 Å². The zero-order valence-corrected chi connectivity index (χ0v) is 18.8. The van der Waals surface area contributed by atoms with Crippen molar-refractivity contribution in [2.24, 2.45) is 4.99 Å². The van der Waals surface area contributed by atoms with E-state index in [1.807, 2.05) is 43.3 Å². The highest BCUT2D eigenvalue weighted by molar-refractivity contribution is 5.79. The average molecular weight is 421 g/mol. The molecule has 0 atom stereocenters. The number of rotatable bonds is 8. The van der Waals surface area contributed by atoms with Gasteiger partial charge in [0.05, 0.1) is 31.0 Å². The van der Waals surface area contributed by atoms with Crippen LogP contribution in [0, 0.1) is 0 Å². The van der Waals surface area contributed by atoms with Crippen LogP contribution in [-0.4, -0.2) is 23.1 Å². The van der Waals surface area contributed by atoms with Crippen LogP contribution in [0.4, 0.5) is 0 Å². The van der Waals surface area contributed by atoms with Crippen molar-refractivity contribution in [1.29, 1.82) is 0 Å². The summed E-state index contributed by atoms with van der Waals surface area (Å²) in [6.07, 6.45) is 1.68. The minimum atomic E-state index is -0.155. The first-order valence-corrected chi connectivity index (χ1v) is 10.7. The molecule has 0 fully saturated rings. The van der Waals surface area contributed by atoms with Gasteiger partial charge in [0, 0.05) is 12.1 Å². The van der Waals surface area contributed by atoms with Gasteiger partial charge in [-0.2, -0.15) is 0 Å². The average Bonchev–Trinajstić information content (AvgIpc) is 3.24. The largest absolute Gasteiger partial charge is 0.444 e. The Morgan fingerprint density at radius 2 is 1.81 bits per heavy atom. The number of hydrogen-bond donors (Lipinski definition) is 2. The molecule has 0 saturated heterocycles. The van der Waals surface area contributed by atoms with E-state index in [2.05, 4.69) is 54.6 Å². The number of guanidine groups is 1. The SMILES string of the molecule is CCNC(=NCc1cccc(COC(C)(C)C)c1)NCc1coc(-c2ccccc2)n1. The highest BCUT2D eigenvalue weighted by Gasteiger charge is 2.10. The molecule has 0 unspecified atom stereocenters. The number of aliphatic imine (C=N–C) groups is 1. The minimum absolute atomic E-state index is 0.155. The van der Waals surface area contributed by atoms with Gasteiger partial charge in [-0.05, 0) is 51.0 Å². The summed E-state index contributed by atoms with van der Waals surface area (Å²) in [5.41, 5.74) is 3.92. The van der Waals surface area contributed by atoms with Crippen molar-refractivity contribution in [2.45, 2.75) is 53.0 Å². The zero-order chi connectivity index (χ0) is 22.1. The van der Waals surface area contributed by atoms with Crippen molar-refractivity contribution in [3.63, 3.8) is 0 Å². The van der Waals surface area contributed by atoms with Gasteiger partial charge < -0.3 is 19.8 Å². The Labute approximate surface area is 184 Å². The molecule has 0 bridgehead atoms. The number of hydrogen-bond acceptors (Lipinski definition) is 4. The molecule has 2 N–H and O–H groups in total. The fourth-order valence-corrected chi connectivity index (χ4v) is 2.91. The highest BCUT2D eigenvalue weighted by atomic mass is 16.5. The molecule has 0 aliphatic heterocycles. The number of nitrogens with one attached hydrogen (secondary N) is 2. The van der Waals surface area contributed by atoms with Gasteiger partial charge in [-0.3, -0.25) is 0 Å². The predicted molar refractivity (Wildman–Crippen MR) is 125 cm³/mol. The molecule has 6 heteroatoms. The number of aromatic nitrogens is 1. The lowest BCUT2D eigenvalue weighted by molar-refractivity contribution is -0.0149. The number of ether oxygens (including phenoxy) is 1. The molecule has 0 aliphatic carbocycles. The molecule has 164 valence electrons. The van der Waals surface area contributed by atoms with Gasteiger partial charge in [0.1, 0.15) is 6.26 Å². The van der Waals surface area contributed by atoms with E-state index < -0.39 is 0 Å². The fraction of sp³-hybridized carbons (Fsp3) is 0.360. The lowest BCUT2D eigenvalue weighted by Gasteiger charge is -2.19. The van der Waals surface area contributed by atoms with Gasteiger partial charge in [-0.1, -0.05) is 42.5 Å². The van der Waals surface area contributed by atoms with E-state index in [1.54, 1.807) is 6.26 Å². The normalized spacial score (nSPS) is 12.1. The summed E-state index contributed by atoms with van der Waals surface area (Å²) in [4.78, 5) is 9.27. The molecule has 6 nitrogen and oxygen atoms in total. The van der Waals surface area contributed by atoms with Gasteiger partial charge >= 0.3 is 0 Å². The van der Waals surface area contributed by atoms with Gasteiger partial charge in [0.25, 0.3) is 0 Å². The molecule has 1 aromatic heterocycles. The van der Waals surface area contributed by atoms with Crippen LogP contribution in [0.25, 0.3) is 11.5 Å². The maximum absolute atomic E-state index is 5.88. The Morgan fingerprint density at radius 3 is 2.55 bits per heavy atom. The molecule has 0 amide bonds. The van der Waals surface area contributed by atoms with Gasteiger partial charge in [-0.25, -0.2) is 9.98 Å². The van der Waals surface area contributed by atoms with Crippen molar-refractivity contribution in [3.05, 3.63) is 77.7 Å². The molecule has 3 rings (SSSR count). The molecule has 0 aliphatic rings. The van der Waals surface area contributed by atoms with Crippen molar-refractivity contribution in [3.8, 4) is 11.5 Å². The maximum atomic E-state index is 5.88. The first kappa shape index (κ1) is 22.6. The summed E-state index contributed by atoms with van der Waals surface area (Å²) in [6.45, 7) is 10.7. The molecule has 0 radical (unpaired) electrons. The fourth-order valence-electron chi connectivity index (χ4n) is 2.91. The summed E-state index contributed by atoms with van der Waals surface area (Å²) < 4.78 is 11.5. The second-order valence-corrected chi connectivity index (χ2v) is 8.28. The molecule has 0 saturated carbocycles. The lowest BCUT2D eigenvalue weighted by atomic mass is 10.1. The smallest absolute Gasteiger partial charge is 0.226 e. The molecule has 2 aromatic carbocycles. The molecule has 31 heavy (non-hydrogen) atoms. The number of benzene rings is 2. The van der Waals surface area contributed by atoms with E-state index in [-0.39, 0.29) is 5.60 Å². The Bertz CT molecular complexity index is 974. The van der Waals surface area contributed by atoms with E-state index in [4.69, 9.17) is 14.1 Å². The topological polar surface area (TPSA) is 71.7 Å². The predicted octanol–water partition coefficient (Wildman–Crippen LogP) is 4.91. The van der Waals surface area contributed by atoms with Crippen LogP contribution in [0.15, 0.2) is 70.3 Å². The van der Waals surface area contributed by atoms with E-state index in [0.717, 1.165) is 34.9 Å². The van der Waals surface area contributed by atoms with Crippen LogP contribution in [0.2, 0.25) is 0 Å². The summed E-state index contributed by atoms with van der Waals surface area (Å²) in [5, 5.41) is 6.60. The Kier molecular flexibility index (Phi) is 7.84. The molecule has 0 spiro atoms. The summed E-state index contributed by atoms with van der Waals surface area (Å²) >= 11 is 0. The van der Waals surface area contributed by atoms with E-state index >= 15 is 0 Å². The number of oxazole rings is 1. The third kappa shape index (κ3) is 7.57. The van der Waals surface area contributed by atoms with Crippen LogP contribution >= 0.6 is 0 Å². The van der Waals surface area contributed by atoms with Crippen LogP contribution in [0.3, 0.4) is 0 Å². The maximum Gasteiger partial charge on any atom is 0.226 e. The van der Waals surface area contributed by atoms with Crippen molar-refractivity contribution in [1.82, 2.24) is 15.6 Å². The van der Waals surface area contributed by atoms with Gasteiger partial charge in [-0.15, -0.1) is 0 Å². The lowest BCUT2D eigenvalue weighted by Crippen LogP contribution is -2.36. The molecule has 3 aromatic rings. The molecular formula is C25H32N4O2. The summed E-state index contributed by atoms with van der Waals surface area (Å²) in [7, 11) is 0. The zero-order valence-electron chi connectivity index (χ0n) is 18.8. The Balaban J connectivity index is 1.59. The van der Waals surface area contributed by atoms with Crippen molar-refractivity contribution < 1.29 is 9.15 Å². The standard InChI is InChI=1S/C25H32N4O2/c1-5-26-24(27-15-19-10-9-11-20(14-19)17-31-25(2,3)4)28-16-22-18-30-23(29-22)21-12-7-6-8-13-21/h6-14,18H,5,15-17H2,1-4H3,(H2,26,27,28). The summed E-state index contributed by atoms with van der Waals surface area (Å²) in [6, 6.07) is 18.2. The third-order valence-electron chi connectivity index (χ3n) is 4.44. The van der Waals surface area contributed by atoms with E-state index in [0.29, 0.717) is 25.6 Å². The Hall–Kier alpha value is -3.12. The Morgan fingerprint density at radius 1 is 1.03 bits per heavy atom. The van der Waals surface area contributed by atoms with Gasteiger partial charge in [0.2, 0.25) is 5.89 Å². The molecule has 1 heterocycles. The first-order chi connectivity index (χ1) is 14.9. The van der Waals surface area contributed by atoms with Crippen molar-refractivity contribution in [2.75, 3.05) is 6.54 Å². The first-order valence-electron chi connectivity index (χ1n) is 10.7. The van der Waals surface area contributed by atoms with E-state index in [1.165, 1.54) is 0 Å². The monoisotopic (exact) mass is 420 g/mol. The van der Waals surface area contributed by atoms with Crippen LogP contribution in [0.1, 0.15) is 44.5 Å². The summed E-state index contributed by atoms with van der Waals surface area (Å²) in [5.74, 6) is 1.36. The number of nitrogens with zero attached hydrogens (tertiary/aromatic N) is 2. The third-order valence-corrected chi connectivity index (χ3v) is 4.44. The second kappa shape index (κ2) is 10.8. The van der Waals surface area contributed by atoms with Gasteiger partial charge in [0.15, 0.2) is 5.96 Å². The van der Waals surface area contributed by atoms with Crippen LogP contribution in [0.5, 0.6) is 0 Å². The minimum Gasteiger partial charge on any atom is -0.444 e. The van der Waals surface area contributed by atoms with Crippen molar-refractivity contribution >= 4 is 5.96 Å². The quantitative estimate of drug-likeness (QED) is 0.400. The molecular weight excluding hydrogens is 388 g/mol. The van der Waals surface area contributed by atoms with Crippen LogP contribution in [-0.2, 0) is 24.4 Å².